The van der Waals surface area contributed by atoms with Crippen molar-refractivity contribution in [3.05, 3.63) is 105 Å². The van der Waals surface area contributed by atoms with E-state index < -0.39 is 60.3 Å². The highest BCUT2D eigenvalue weighted by Crippen LogP contribution is 2.43. The van der Waals surface area contributed by atoms with E-state index in [0.717, 1.165) is 34.4 Å². The van der Waals surface area contributed by atoms with E-state index in [1.165, 1.54) is 17.0 Å². The summed E-state index contributed by atoms with van der Waals surface area (Å²) in [5.41, 5.74) is 4.35. The molecule has 1 N–H and O–H groups in total. The second-order valence-electron chi connectivity index (χ2n) is 17.3. The molecular formula is C45H47F4N5O5. The zero-order chi connectivity index (χ0) is 41.3. The Morgan fingerprint density at radius 2 is 1.44 bits per heavy atom. The number of benzene rings is 3. The van der Waals surface area contributed by atoms with Gasteiger partial charge in [0.05, 0.1) is 23.7 Å². The van der Waals surface area contributed by atoms with Crippen LogP contribution in [0, 0.1) is 17.6 Å². The fourth-order valence-electron chi connectivity index (χ4n) is 10.8. The van der Waals surface area contributed by atoms with E-state index in [-0.39, 0.29) is 59.4 Å². The first-order chi connectivity index (χ1) is 28.4. The summed E-state index contributed by atoms with van der Waals surface area (Å²) in [5.74, 6) is -3.75. The number of alkyl halides is 2. The highest BCUT2D eigenvalue weighted by atomic mass is 19.3. The summed E-state index contributed by atoms with van der Waals surface area (Å²) in [4.78, 5) is 71.3. The molecule has 5 aliphatic heterocycles. The summed E-state index contributed by atoms with van der Waals surface area (Å²) < 4.78 is 59.6. The number of carbonyl (C=O) groups excluding carboxylic acids is 5. The van der Waals surface area contributed by atoms with Gasteiger partial charge >= 0.3 is 0 Å². The van der Waals surface area contributed by atoms with Gasteiger partial charge < -0.3 is 4.90 Å². The quantitative estimate of drug-likeness (QED) is 0.222. The second-order valence-corrected chi connectivity index (χ2v) is 17.3. The molecule has 0 radical (unpaired) electrons. The molecule has 1 saturated carbocycles. The van der Waals surface area contributed by atoms with Crippen LogP contribution >= 0.6 is 0 Å². The van der Waals surface area contributed by atoms with Crippen molar-refractivity contribution >= 4 is 29.5 Å². The summed E-state index contributed by atoms with van der Waals surface area (Å²) in [7, 11) is 0. The van der Waals surface area contributed by atoms with Crippen molar-refractivity contribution in [3.63, 3.8) is 0 Å². The van der Waals surface area contributed by atoms with Gasteiger partial charge in [-0.3, -0.25) is 44.0 Å². The van der Waals surface area contributed by atoms with E-state index in [1.807, 2.05) is 24.0 Å². The average Bonchev–Trinajstić information content (AvgIpc) is 3.74. The Balaban J connectivity index is 0.796. The molecule has 59 heavy (non-hydrogen) atoms. The predicted molar refractivity (Wildman–Crippen MR) is 207 cm³/mol. The maximum Gasteiger partial charge on any atom is 0.262 e. The van der Waals surface area contributed by atoms with E-state index in [9.17, 15) is 32.8 Å². The molecule has 10 nitrogen and oxygen atoms in total. The minimum absolute atomic E-state index is 0.0631. The van der Waals surface area contributed by atoms with E-state index in [1.54, 1.807) is 24.3 Å². The average molecular weight is 814 g/mol. The Hall–Kier alpha value is -4.95. The summed E-state index contributed by atoms with van der Waals surface area (Å²) >= 11 is 0. The molecule has 3 atom stereocenters. The lowest BCUT2D eigenvalue weighted by atomic mass is 9.77. The van der Waals surface area contributed by atoms with Gasteiger partial charge in [-0.15, -0.1) is 0 Å². The summed E-state index contributed by atoms with van der Waals surface area (Å²) in [5, 5.41) is 2.22. The van der Waals surface area contributed by atoms with Crippen molar-refractivity contribution in [1.82, 2.24) is 24.9 Å². The fraction of sp³-hybridized carbons (Fsp3) is 0.489. The highest BCUT2D eigenvalue weighted by molar-refractivity contribution is 6.23. The first kappa shape index (κ1) is 39.5. The number of hydrogen-bond acceptors (Lipinski definition) is 7. The lowest BCUT2D eigenvalue weighted by Crippen LogP contribution is -2.54. The van der Waals surface area contributed by atoms with Crippen LogP contribution in [0.3, 0.4) is 0 Å². The maximum atomic E-state index is 16.1. The summed E-state index contributed by atoms with van der Waals surface area (Å²) in [6.45, 7) is 3.64. The predicted octanol–water partition coefficient (Wildman–Crippen LogP) is 6.25. The third-order valence-electron chi connectivity index (χ3n) is 13.8. The number of fused-ring (bicyclic) bond motifs is 3. The van der Waals surface area contributed by atoms with E-state index >= 15 is 8.78 Å². The largest absolute Gasteiger partial charge is 0.342 e. The number of halogens is 4. The lowest BCUT2D eigenvalue weighted by Gasteiger charge is -2.42. The minimum atomic E-state index is -2.66. The van der Waals surface area contributed by atoms with Gasteiger partial charge in [-0.2, -0.15) is 0 Å². The van der Waals surface area contributed by atoms with Gasteiger partial charge in [-0.1, -0.05) is 24.3 Å². The third kappa shape index (κ3) is 7.15. The highest BCUT2D eigenvalue weighted by Gasteiger charge is 2.46. The van der Waals surface area contributed by atoms with Crippen molar-refractivity contribution in [2.45, 2.75) is 114 Å². The summed E-state index contributed by atoms with van der Waals surface area (Å²) in [6, 6.07) is 11.5. The van der Waals surface area contributed by atoms with Crippen molar-refractivity contribution in [2.24, 2.45) is 5.92 Å². The van der Waals surface area contributed by atoms with Crippen LogP contribution in [0.4, 0.5) is 17.6 Å². The Kier molecular flexibility index (Phi) is 10.4. The number of rotatable bonds is 7. The number of carbonyl (C=O) groups is 5. The molecule has 0 bridgehead atoms. The number of hydrogen-bond donors (Lipinski definition) is 1. The van der Waals surface area contributed by atoms with Crippen LogP contribution in [0.1, 0.15) is 124 Å². The van der Waals surface area contributed by atoms with Crippen LogP contribution in [0.2, 0.25) is 0 Å². The fourth-order valence-corrected chi connectivity index (χ4v) is 10.8. The van der Waals surface area contributed by atoms with Crippen molar-refractivity contribution in [1.29, 1.82) is 0 Å². The zero-order valence-electron chi connectivity index (χ0n) is 32.9. The molecule has 9 rings (SSSR count). The molecule has 14 heteroatoms. The molecule has 5 amide bonds. The Bertz CT molecular complexity index is 2170. The molecule has 1 aliphatic carbocycles. The van der Waals surface area contributed by atoms with Crippen LogP contribution in [-0.4, -0.2) is 93.3 Å². The van der Waals surface area contributed by atoms with Crippen molar-refractivity contribution in [3.8, 4) is 0 Å². The monoisotopic (exact) mass is 813 g/mol. The Morgan fingerprint density at radius 3 is 2.05 bits per heavy atom. The van der Waals surface area contributed by atoms with Gasteiger partial charge in [-0.25, -0.2) is 17.6 Å². The van der Waals surface area contributed by atoms with Crippen LogP contribution in [0.5, 0.6) is 0 Å². The molecule has 0 spiro atoms. The molecular weight excluding hydrogens is 767 g/mol. The minimum Gasteiger partial charge on any atom is -0.342 e. The number of imide groups is 2. The van der Waals surface area contributed by atoms with Gasteiger partial charge in [0.25, 0.3) is 18.2 Å². The van der Waals surface area contributed by atoms with Gasteiger partial charge in [0.1, 0.15) is 17.7 Å². The van der Waals surface area contributed by atoms with E-state index in [0.29, 0.717) is 69.4 Å². The summed E-state index contributed by atoms with van der Waals surface area (Å²) in [6.07, 6.45) is 2.01. The zero-order valence-corrected chi connectivity index (χ0v) is 32.9. The molecule has 2 unspecified atom stereocenters. The first-order valence-corrected chi connectivity index (χ1v) is 20.9. The van der Waals surface area contributed by atoms with Gasteiger partial charge in [0, 0.05) is 56.2 Å². The van der Waals surface area contributed by atoms with Gasteiger partial charge in [0.2, 0.25) is 17.7 Å². The van der Waals surface area contributed by atoms with E-state index in [2.05, 4.69) is 10.2 Å². The standard InChI is InChI=1S/C45H47F4N5O5/c1-24-16-27-4-2-3-5-32(27)41(53(24)23-38(48)49)40-35(46)19-28(20-36(40)47)25-6-8-26(9-7-25)43(57)51-14-12-31(13-15-51)52-21-29-17-33-34(18-30(29)22-52)45(59)54(44(33)58)37-10-11-39(55)50-42(37)56/h2-5,17-20,24-26,31,37-38,41H,6-16,21-23H2,1H3,(H,50,55,56)/t24-,25?,26?,37?,41?/m1/s1. The maximum absolute atomic E-state index is 16.1. The Morgan fingerprint density at radius 1 is 0.814 bits per heavy atom. The molecule has 3 aromatic carbocycles. The molecule has 2 saturated heterocycles. The molecule has 0 aromatic heterocycles. The van der Waals surface area contributed by atoms with Crippen LogP contribution in [0.25, 0.3) is 0 Å². The molecule has 3 aromatic rings. The lowest BCUT2D eigenvalue weighted by molar-refractivity contribution is -0.138. The topological polar surface area (TPSA) is 110 Å². The van der Waals surface area contributed by atoms with E-state index in [4.69, 9.17) is 0 Å². The smallest absolute Gasteiger partial charge is 0.262 e. The van der Waals surface area contributed by atoms with Gasteiger partial charge in [0.15, 0.2) is 0 Å². The van der Waals surface area contributed by atoms with Gasteiger partial charge in [-0.05, 0) is 116 Å². The van der Waals surface area contributed by atoms with Crippen LogP contribution in [0.15, 0.2) is 48.5 Å². The first-order valence-electron chi connectivity index (χ1n) is 20.9. The SMILES string of the molecule is C[C@@H]1Cc2ccccc2C(c2c(F)cc(C3CCC(C(=O)N4CCC(N5Cc6cc7c(cc6C5)C(=O)N(C5CCC(=O)NC5=O)C7=O)CC4)CC3)cc2F)N1CC(F)F. The molecule has 310 valence electrons. The number of piperidine rings is 2. The van der Waals surface area contributed by atoms with Crippen LogP contribution < -0.4 is 5.32 Å². The molecule has 6 aliphatic rings. The number of nitrogens with zero attached hydrogens (tertiary/aromatic N) is 4. The molecule has 5 heterocycles. The Labute approximate surface area is 339 Å². The molecule has 3 fully saturated rings. The van der Waals surface area contributed by atoms with Crippen molar-refractivity contribution in [2.75, 3.05) is 19.6 Å². The van der Waals surface area contributed by atoms with Crippen molar-refractivity contribution < 1.29 is 41.5 Å². The second kappa shape index (κ2) is 15.6. The number of nitrogens with one attached hydrogen (secondary N) is 1. The third-order valence-corrected chi connectivity index (χ3v) is 13.8. The van der Waals surface area contributed by atoms with Crippen LogP contribution in [-0.2, 0) is 33.9 Å². The normalized spacial score (nSPS) is 26.6. The number of amides is 5. The number of likely N-dealkylation sites (tertiary alicyclic amines) is 1.